The average molecular weight is 475 g/mol. The molecule has 148 valence electrons. The van der Waals surface area contributed by atoms with Crippen LogP contribution < -0.4 is 10.1 Å². The summed E-state index contributed by atoms with van der Waals surface area (Å²) in [5, 5.41) is 5.83. The van der Waals surface area contributed by atoms with E-state index in [0.717, 1.165) is 5.56 Å². The van der Waals surface area contributed by atoms with Crippen LogP contribution in [-0.2, 0) is 0 Å². The van der Waals surface area contributed by atoms with Crippen molar-refractivity contribution in [1.29, 1.82) is 0 Å². The van der Waals surface area contributed by atoms with Crippen LogP contribution in [0.25, 0.3) is 33.7 Å². The number of furan rings is 1. The molecule has 0 aliphatic rings. The predicted octanol–water partition coefficient (Wildman–Crippen LogP) is 5.59. The van der Waals surface area contributed by atoms with Crippen LogP contribution in [0.4, 0.5) is 0 Å². The second kappa shape index (κ2) is 7.56. The van der Waals surface area contributed by atoms with Gasteiger partial charge in [0.1, 0.15) is 16.1 Å². The van der Waals surface area contributed by atoms with Gasteiger partial charge in [0.2, 0.25) is 4.96 Å². The summed E-state index contributed by atoms with van der Waals surface area (Å²) in [6.45, 7) is 0. The lowest BCUT2D eigenvalue weighted by molar-refractivity contribution is 0.571. The van der Waals surface area contributed by atoms with Gasteiger partial charge in [0.25, 0.3) is 5.56 Å². The Bertz CT molecular complexity index is 1520. The average Bonchev–Trinajstić information content (AvgIpc) is 3.40. The number of rotatable bonds is 3. The summed E-state index contributed by atoms with van der Waals surface area (Å²) in [5.41, 5.74) is 1.11. The zero-order valence-electron chi connectivity index (χ0n) is 15.0. The van der Waals surface area contributed by atoms with Gasteiger partial charge in [0.05, 0.1) is 10.0 Å². The number of halogens is 3. The summed E-state index contributed by atoms with van der Waals surface area (Å²) in [6.07, 6.45) is 1.67. The monoisotopic (exact) mass is 473 g/mol. The van der Waals surface area contributed by atoms with Gasteiger partial charge in [0.15, 0.2) is 5.82 Å². The number of hydrogen-bond acceptors (Lipinski definition) is 5. The van der Waals surface area contributed by atoms with Gasteiger partial charge in [-0.25, -0.2) is 0 Å². The van der Waals surface area contributed by atoms with Gasteiger partial charge in [-0.05, 0) is 42.5 Å². The molecule has 2 aromatic carbocycles. The van der Waals surface area contributed by atoms with Gasteiger partial charge in [-0.15, -0.1) is 5.10 Å². The quantitative estimate of drug-likeness (QED) is 0.342. The van der Waals surface area contributed by atoms with Crippen molar-refractivity contribution in [2.45, 2.75) is 0 Å². The molecule has 30 heavy (non-hydrogen) atoms. The third kappa shape index (κ3) is 3.42. The molecule has 0 N–H and O–H groups in total. The molecule has 0 aliphatic carbocycles. The van der Waals surface area contributed by atoms with Gasteiger partial charge in [-0.2, -0.15) is 9.50 Å². The molecule has 9 heteroatoms. The number of thiazole rings is 1. The van der Waals surface area contributed by atoms with Gasteiger partial charge in [-0.3, -0.25) is 4.79 Å². The lowest BCUT2D eigenvalue weighted by atomic mass is 10.2. The van der Waals surface area contributed by atoms with E-state index < -0.39 is 0 Å². The van der Waals surface area contributed by atoms with Crippen molar-refractivity contribution in [1.82, 2.24) is 14.6 Å². The van der Waals surface area contributed by atoms with Crippen LogP contribution in [-0.4, -0.2) is 14.6 Å². The van der Waals surface area contributed by atoms with Crippen LogP contribution in [0.1, 0.15) is 5.76 Å². The topological polar surface area (TPSA) is 60.4 Å². The van der Waals surface area contributed by atoms with Gasteiger partial charge in [-0.1, -0.05) is 58.3 Å². The Hall–Kier alpha value is -2.64. The van der Waals surface area contributed by atoms with E-state index in [1.165, 1.54) is 15.9 Å². The normalized spacial score (nSPS) is 12.2. The van der Waals surface area contributed by atoms with E-state index >= 15 is 0 Å². The van der Waals surface area contributed by atoms with Crippen LogP contribution in [0, 0.1) is 0 Å². The molecule has 0 saturated heterocycles. The molecule has 0 atom stereocenters. The standard InChI is InChI=1S/C21H10Cl3N3O2S/c22-11-5-7-14(16(24)9-11)19-25-21-27(26-19)20(28)18(30-21)10-12-6-8-17(29-12)13-3-1-2-4-15(13)23/h1-10H. The van der Waals surface area contributed by atoms with Crippen LogP contribution in [0.3, 0.4) is 0 Å². The molecule has 0 saturated carbocycles. The molecule has 0 spiro atoms. The molecule has 5 nitrogen and oxygen atoms in total. The van der Waals surface area contributed by atoms with E-state index in [-0.39, 0.29) is 5.56 Å². The van der Waals surface area contributed by atoms with E-state index in [2.05, 4.69) is 10.1 Å². The molecule has 3 aromatic heterocycles. The zero-order chi connectivity index (χ0) is 20.8. The Kier molecular flexibility index (Phi) is 4.87. The van der Waals surface area contributed by atoms with E-state index in [1.807, 2.05) is 24.3 Å². The lowest BCUT2D eigenvalue weighted by Gasteiger charge is -1.99. The highest BCUT2D eigenvalue weighted by Crippen LogP contribution is 2.30. The zero-order valence-corrected chi connectivity index (χ0v) is 18.1. The van der Waals surface area contributed by atoms with Crippen LogP contribution in [0.2, 0.25) is 15.1 Å². The second-order valence-electron chi connectivity index (χ2n) is 6.35. The molecule has 5 rings (SSSR count). The maximum atomic E-state index is 12.8. The minimum atomic E-state index is -0.283. The van der Waals surface area contributed by atoms with Crippen molar-refractivity contribution >= 4 is 57.2 Å². The van der Waals surface area contributed by atoms with Crippen molar-refractivity contribution in [2.75, 3.05) is 0 Å². The number of hydrogen-bond donors (Lipinski definition) is 0. The van der Waals surface area contributed by atoms with Crippen LogP contribution in [0.15, 0.2) is 63.8 Å². The van der Waals surface area contributed by atoms with Crippen molar-refractivity contribution in [3.05, 3.63) is 90.3 Å². The van der Waals surface area contributed by atoms with Crippen molar-refractivity contribution < 1.29 is 4.42 Å². The predicted molar refractivity (Wildman–Crippen MR) is 121 cm³/mol. The first-order chi connectivity index (χ1) is 14.5. The first-order valence-electron chi connectivity index (χ1n) is 8.71. The molecular weight excluding hydrogens is 465 g/mol. The third-order valence-electron chi connectivity index (χ3n) is 4.39. The maximum Gasteiger partial charge on any atom is 0.291 e. The summed E-state index contributed by atoms with van der Waals surface area (Å²) in [7, 11) is 0. The Labute approximate surface area is 188 Å². The minimum absolute atomic E-state index is 0.283. The number of nitrogens with zero attached hydrogens (tertiary/aromatic N) is 3. The van der Waals surface area contributed by atoms with E-state index in [4.69, 9.17) is 39.2 Å². The van der Waals surface area contributed by atoms with E-state index in [0.29, 0.717) is 47.5 Å². The van der Waals surface area contributed by atoms with Crippen molar-refractivity contribution in [2.24, 2.45) is 0 Å². The summed E-state index contributed by atoms with van der Waals surface area (Å²) in [4.78, 5) is 17.7. The largest absolute Gasteiger partial charge is 0.457 e. The molecule has 0 aliphatic heterocycles. The first-order valence-corrected chi connectivity index (χ1v) is 10.7. The van der Waals surface area contributed by atoms with Crippen LogP contribution >= 0.6 is 46.1 Å². The Morgan fingerprint density at radius 1 is 0.967 bits per heavy atom. The summed E-state index contributed by atoms with van der Waals surface area (Å²) in [5.74, 6) is 1.52. The fourth-order valence-corrected chi connectivity index (χ4v) is 4.59. The highest BCUT2D eigenvalue weighted by atomic mass is 35.5. The third-order valence-corrected chi connectivity index (χ3v) is 6.23. The summed E-state index contributed by atoms with van der Waals surface area (Å²) >= 11 is 19.6. The van der Waals surface area contributed by atoms with Gasteiger partial charge >= 0.3 is 0 Å². The fourth-order valence-electron chi connectivity index (χ4n) is 2.98. The SMILES string of the molecule is O=c1c(=Cc2ccc(-c3ccccc3Cl)o2)sc2nc(-c3ccc(Cl)cc3Cl)nn12. The summed E-state index contributed by atoms with van der Waals surface area (Å²) < 4.78 is 7.57. The Morgan fingerprint density at radius 3 is 2.57 bits per heavy atom. The van der Waals surface area contributed by atoms with Gasteiger partial charge in [0, 0.05) is 22.2 Å². The van der Waals surface area contributed by atoms with Crippen molar-refractivity contribution in [3.63, 3.8) is 0 Å². The minimum Gasteiger partial charge on any atom is -0.457 e. The molecule has 0 unspecified atom stereocenters. The first kappa shape index (κ1) is 19.3. The van der Waals surface area contributed by atoms with Crippen LogP contribution in [0.5, 0.6) is 0 Å². The highest BCUT2D eigenvalue weighted by Gasteiger charge is 2.15. The molecule has 0 fully saturated rings. The molecule has 3 heterocycles. The molecule has 0 amide bonds. The lowest BCUT2D eigenvalue weighted by Crippen LogP contribution is -2.23. The highest BCUT2D eigenvalue weighted by molar-refractivity contribution is 7.15. The maximum absolute atomic E-state index is 12.8. The van der Waals surface area contributed by atoms with Crippen molar-refractivity contribution in [3.8, 4) is 22.7 Å². The second-order valence-corrected chi connectivity index (χ2v) is 8.61. The van der Waals surface area contributed by atoms with Gasteiger partial charge < -0.3 is 4.42 Å². The van der Waals surface area contributed by atoms with E-state index in [1.54, 1.807) is 36.4 Å². The Balaban J connectivity index is 1.54. The molecule has 5 aromatic rings. The number of benzene rings is 2. The fraction of sp³-hybridized carbons (Fsp3) is 0. The Morgan fingerprint density at radius 2 is 1.80 bits per heavy atom. The van der Waals surface area contributed by atoms with E-state index in [9.17, 15) is 4.79 Å². The molecule has 0 radical (unpaired) electrons. The molecule has 0 bridgehead atoms. The number of aromatic nitrogens is 3. The molecular formula is C21H10Cl3N3O2S. The smallest absolute Gasteiger partial charge is 0.291 e. The number of fused-ring (bicyclic) bond motifs is 1. The summed E-state index contributed by atoms with van der Waals surface area (Å²) in [6, 6.07) is 16.0.